The maximum atomic E-state index is 11.0. The van der Waals surface area contributed by atoms with E-state index in [1.165, 1.54) is 6.08 Å². The van der Waals surface area contributed by atoms with Crippen LogP contribution in [0.15, 0.2) is 11.8 Å². The Morgan fingerprint density at radius 3 is 2.69 bits per heavy atom. The first-order chi connectivity index (χ1) is 6.06. The SMILES string of the molecule is CCCOC(C)OC(=O)/C=C(/C)N. The summed E-state index contributed by atoms with van der Waals surface area (Å²) in [6.07, 6.45) is 1.61. The monoisotopic (exact) mass is 187 g/mol. The lowest BCUT2D eigenvalue weighted by Gasteiger charge is -2.11. The Morgan fingerprint density at radius 1 is 1.62 bits per heavy atom. The van der Waals surface area contributed by atoms with E-state index >= 15 is 0 Å². The van der Waals surface area contributed by atoms with Gasteiger partial charge in [-0.05, 0) is 20.3 Å². The predicted molar refractivity (Wildman–Crippen MR) is 49.7 cm³/mol. The maximum absolute atomic E-state index is 11.0. The summed E-state index contributed by atoms with van der Waals surface area (Å²) in [5, 5.41) is 0. The van der Waals surface area contributed by atoms with Crippen molar-refractivity contribution in [1.82, 2.24) is 0 Å². The molecule has 0 aliphatic rings. The number of carbonyl (C=O) groups excluding carboxylic acids is 1. The van der Waals surface area contributed by atoms with E-state index in [9.17, 15) is 4.79 Å². The van der Waals surface area contributed by atoms with Gasteiger partial charge in [-0.1, -0.05) is 6.92 Å². The van der Waals surface area contributed by atoms with Crippen LogP contribution in [-0.2, 0) is 14.3 Å². The van der Waals surface area contributed by atoms with Gasteiger partial charge in [-0.3, -0.25) is 0 Å². The summed E-state index contributed by atoms with van der Waals surface area (Å²) < 4.78 is 9.98. The minimum atomic E-state index is -0.511. The van der Waals surface area contributed by atoms with Crippen molar-refractivity contribution in [3.05, 3.63) is 11.8 Å². The van der Waals surface area contributed by atoms with E-state index in [0.29, 0.717) is 12.3 Å². The molecule has 0 spiro atoms. The van der Waals surface area contributed by atoms with Crippen molar-refractivity contribution in [2.75, 3.05) is 6.61 Å². The van der Waals surface area contributed by atoms with Gasteiger partial charge in [-0.25, -0.2) is 4.79 Å². The molecule has 0 bridgehead atoms. The zero-order valence-electron chi connectivity index (χ0n) is 8.37. The number of carbonyl (C=O) groups is 1. The molecule has 0 aliphatic carbocycles. The fourth-order valence-electron chi connectivity index (χ4n) is 0.701. The number of hydrogen-bond donors (Lipinski definition) is 1. The Morgan fingerprint density at radius 2 is 2.23 bits per heavy atom. The van der Waals surface area contributed by atoms with E-state index in [1.807, 2.05) is 6.92 Å². The van der Waals surface area contributed by atoms with Crippen molar-refractivity contribution >= 4 is 5.97 Å². The normalized spacial score (nSPS) is 13.9. The summed E-state index contributed by atoms with van der Waals surface area (Å²) in [5.74, 6) is -0.469. The van der Waals surface area contributed by atoms with Crippen molar-refractivity contribution in [3.8, 4) is 0 Å². The first-order valence-electron chi connectivity index (χ1n) is 4.32. The second-order valence-corrected chi connectivity index (χ2v) is 2.76. The Balaban J connectivity index is 3.72. The van der Waals surface area contributed by atoms with Crippen molar-refractivity contribution in [2.24, 2.45) is 5.73 Å². The fraction of sp³-hybridized carbons (Fsp3) is 0.667. The summed E-state index contributed by atoms with van der Waals surface area (Å²) in [5.41, 5.74) is 5.71. The highest BCUT2D eigenvalue weighted by Crippen LogP contribution is 1.96. The molecular formula is C9H17NO3. The summed E-state index contributed by atoms with van der Waals surface area (Å²) in [6, 6.07) is 0. The second kappa shape index (κ2) is 6.48. The molecule has 0 aromatic rings. The van der Waals surface area contributed by atoms with Gasteiger partial charge in [0.05, 0.1) is 6.61 Å². The van der Waals surface area contributed by atoms with Crippen molar-refractivity contribution in [1.29, 1.82) is 0 Å². The molecule has 0 saturated heterocycles. The van der Waals surface area contributed by atoms with E-state index in [1.54, 1.807) is 13.8 Å². The molecule has 0 aliphatic heterocycles. The van der Waals surface area contributed by atoms with Gasteiger partial charge in [0, 0.05) is 11.8 Å². The minimum absolute atomic E-state index is 0.424. The lowest BCUT2D eigenvalue weighted by Crippen LogP contribution is -2.17. The van der Waals surface area contributed by atoms with Crippen LogP contribution in [-0.4, -0.2) is 18.9 Å². The lowest BCUT2D eigenvalue weighted by molar-refractivity contribution is -0.168. The summed E-state index contributed by atoms with van der Waals surface area (Å²) in [4.78, 5) is 11.0. The fourth-order valence-corrected chi connectivity index (χ4v) is 0.701. The van der Waals surface area contributed by atoms with Crippen molar-refractivity contribution < 1.29 is 14.3 Å². The highest BCUT2D eigenvalue weighted by molar-refractivity contribution is 5.82. The van der Waals surface area contributed by atoms with Gasteiger partial charge in [0.1, 0.15) is 0 Å². The summed E-state index contributed by atoms with van der Waals surface area (Å²) in [7, 11) is 0. The van der Waals surface area contributed by atoms with Gasteiger partial charge in [-0.15, -0.1) is 0 Å². The van der Waals surface area contributed by atoms with E-state index in [2.05, 4.69) is 0 Å². The van der Waals surface area contributed by atoms with Crippen LogP contribution in [0.5, 0.6) is 0 Å². The van der Waals surface area contributed by atoms with Gasteiger partial charge >= 0.3 is 5.97 Å². The van der Waals surface area contributed by atoms with Gasteiger partial charge in [0.15, 0.2) is 6.29 Å². The molecule has 0 amide bonds. The second-order valence-electron chi connectivity index (χ2n) is 2.76. The highest BCUT2D eigenvalue weighted by atomic mass is 16.7. The smallest absolute Gasteiger partial charge is 0.334 e. The van der Waals surface area contributed by atoms with Crippen LogP contribution in [0.2, 0.25) is 0 Å². The molecule has 0 fully saturated rings. The first kappa shape index (κ1) is 12.0. The topological polar surface area (TPSA) is 61.5 Å². The molecule has 0 aromatic carbocycles. The van der Waals surface area contributed by atoms with Crippen LogP contribution in [0, 0.1) is 0 Å². The Labute approximate surface area is 78.7 Å². The van der Waals surface area contributed by atoms with Crippen LogP contribution in [0.25, 0.3) is 0 Å². The van der Waals surface area contributed by atoms with Crippen LogP contribution in [0.4, 0.5) is 0 Å². The molecule has 1 unspecified atom stereocenters. The van der Waals surface area contributed by atoms with Gasteiger partial charge in [-0.2, -0.15) is 0 Å². The van der Waals surface area contributed by atoms with Gasteiger partial charge < -0.3 is 15.2 Å². The maximum Gasteiger partial charge on any atom is 0.334 e. The molecule has 0 aromatic heterocycles. The van der Waals surface area contributed by atoms with E-state index < -0.39 is 12.3 Å². The lowest BCUT2D eigenvalue weighted by atomic mass is 10.4. The highest BCUT2D eigenvalue weighted by Gasteiger charge is 2.05. The van der Waals surface area contributed by atoms with Crippen molar-refractivity contribution in [3.63, 3.8) is 0 Å². The Kier molecular flexibility index (Phi) is 5.97. The third-order valence-corrected chi connectivity index (χ3v) is 1.18. The molecule has 2 N–H and O–H groups in total. The molecule has 4 nitrogen and oxygen atoms in total. The average molecular weight is 187 g/mol. The number of esters is 1. The molecule has 1 atom stereocenters. The summed E-state index contributed by atoms with van der Waals surface area (Å²) in [6.45, 7) is 5.87. The molecule has 0 rings (SSSR count). The number of rotatable bonds is 5. The third-order valence-electron chi connectivity index (χ3n) is 1.18. The number of nitrogens with two attached hydrogens (primary N) is 1. The number of ether oxygens (including phenoxy) is 2. The van der Waals surface area contributed by atoms with Crippen LogP contribution in [0.1, 0.15) is 27.2 Å². The molecule has 0 heterocycles. The van der Waals surface area contributed by atoms with Gasteiger partial charge in [0.2, 0.25) is 0 Å². The molecule has 76 valence electrons. The largest absolute Gasteiger partial charge is 0.433 e. The molecule has 0 radical (unpaired) electrons. The predicted octanol–water partition coefficient (Wildman–Crippen LogP) is 1.16. The van der Waals surface area contributed by atoms with E-state index in [-0.39, 0.29) is 0 Å². The molecular weight excluding hydrogens is 170 g/mol. The molecule has 13 heavy (non-hydrogen) atoms. The van der Waals surface area contributed by atoms with Crippen molar-refractivity contribution in [2.45, 2.75) is 33.5 Å². The average Bonchev–Trinajstić information content (AvgIpc) is 1.98. The van der Waals surface area contributed by atoms with E-state index in [0.717, 1.165) is 6.42 Å². The third kappa shape index (κ3) is 7.33. The zero-order chi connectivity index (χ0) is 10.3. The Bertz CT molecular complexity index is 185. The first-order valence-corrected chi connectivity index (χ1v) is 4.32. The minimum Gasteiger partial charge on any atom is -0.433 e. The molecule has 0 saturated carbocycles. The van der Waals surface area contributed by atoms with E-state index in [4.69, 9.17) is 15.2 Å². The Hall–Kier alpha value is -1.03. The number of hydrogen-bond acceptors (Lipinski definition) is 4. The molecule has 4 heteroatoms. The quantitative estimate of drug-likeness (QED) is 0.398. The van der Waals surface area contributed by atoms with Crippen LogP contribution in [0.3, 0.4) is 0 Å². The standard InChI is InChI=1S/C9H17NO3/c1-4-5-12-8(3)13-9(11)6-7(2)10/h6,8H,4-5,10H2,1-3H3/b7-6-. The zero-order valence-corrected chi connectivity index (χ0v) is 8.37. The van der Waals surface area contributed by atoms with Crippen LogP contribution < -0.4 is 5.73 Å². The summed E-state index contributed by atoms with van der Waals surface area (Å²) >= 11 is 0. The number of allylic oxidation sites excluding steroid dienone is 1. The van der Waals surface area contributed by atoms with Gasteiger partial charge in [0.25, 0.3) is 0 Å². The van der Waals surface area contributed by atoms with Crippen LogP contribution >= 0.6 is 0 Å².